The Hall–Kier alpha value is -2.06. The van der Waals surface area contributed by atoms with Crippen LogP contribution < -0.4 is 0 Å². The number of nitrogens with zero attached hydrogens (tertiary/aromatic N) is 2. The number of rotatable bonds is 8. The molecule has 0 amide bonds. The van der Waals surface area contributed by atoms with Gasteiger partial charge >= 0.3 is 0 Å². The van der Waals surface area contributed by atoms with Gasteiger partial charge in [0.2, 0.25) is 0 Å². The van der Waals surface area contributed by atoms with Gasteiger partial charge < -0.3 is 0 Å². The predicted octanol–water partition coefficient (Wildman–Crippen LogP) is 5.94. The molecule has 1 aliphatic rings. The Morgan fingerprint density at radius 1 is 0.917 bits per heavy atom. The fourth-order valence-electron chi connectivity index (χ4n) is 3.78. The molecule has 2 heteroatoms. The Morgan fingerprint density at radius 2 is 1.58 bits per heavy atom. The van der Waals surface area contributed by atoms with Crippen molar-refractivity contribution in [3.63, 3.8) is 0 Å². The van der Waals surface area contributed by atoms with E-state index in [9.17, 15) is 0 Å². The second-order valence-electron chi connectivity index (χ2n) is 7.05. The average molecular weight is 320 g/mol. The third-order valence-electron chi connectivity index (χ3n) is 5.31. The first kappa shape index (κ1) is 18.3. The summed E-state index contributed by atoms with van der Waals surface area (Å²) in [5.41, 5.74) is 2.10. The second-order valence-corrected chi connectivity index (χ2v) is 7.05. The van der Waals surface area contributed by atoms with Crippen LogP contribution in [0.25, 0.3) is 0 Å². The molecule has 0 spiro atoms. The summed E-state index contributed by atoms with van der Waals surface area (Å²) in [5.74, 6) is 1.81. The first-order valence-electron chi connectivity index (χ1n) is 9.35. The molecule has 126 valence electrons. The monoisotopic (exact) mass is 320 g/mol. The third kappa shape index (κ3) is 6.59. The van der Waals surface area contributed by atoms with Crippen LogP contribution in [0.2, 0.25) is 0 Å². The Morgan fingerprint density at radius 3 is 2.21 bits per heavy atom. The smallest absolute Gasteiger partial charge is 0.0991 e. The van der Waals surface area contributed by atoms with Crippen molar-refractivity contribution in [2.24, 2.45) is 11.8 Å². The Bertz CT molecular complexity index is 578. The number of aryl methyl sites for hydroxylation is 1. The number of unbranched alkanes of at least 4 members (excludes halogenated alkanes) is 1. The number of hydrogen-bond donors (Lipinski definition) is 0. The van der Waals surface area contributed by atoms with Crippen LogP contribution in [0.4, 0.5) is 0 Å². The van der Waals surface area contributed by atoms with Gasteiger partial charge in [0.25, 0.3) is 0 Å². The summed E-state index contributed by atoms with van der Waals surface area (Å²) < 4.78 is 0. The predicted molar refractivity (Wildman–Crippen MR) is 98.1 cm³/mol. The van der Waals surface area contributed by atoms with Gasteiger partial charge in [-0.2, -0.15) is 10.5 Å². The molecule has 0 unspecified atom stereocenters. The highest BCUT2D eigenvalue weighted by molar-refractivity contribution is 5.31. The van der Waals surface area contributed by atoms with E-state index in [0.29, 0.717) is 0 Å². The maximum absolute atomic E-state index is 8.81. The van der Waals surface area contributed by atoms with Crippen molar-refractivity contribution < 1.29 is 0 Å². The van der Waals surface area contributed by atoms with Crippen molar-refractivity contribution in [2.75, 3.05) is 0 Å². The minimum Gasteiger partial charge on any atom is -0.193 e. The van der Waals surface area contributed by atoms with Crippen LogP contribution >= 0.6 is 0 Å². The lowest BCUT2D eigenvalue weighted by Gasteiger charge is -2.28. The lowest BCUT2D eigenvalue weighted by atomic mass is 9.78. The van der Waals surface area contributed by atoms with Gasteiger partial charge in [-0.1, -0.05) is 56.7 Å². The van der Waals surface area contributed by atoms with E-state index < -0.39 is 0 Å². The SMILES string of the molecule is N#C/C=C/CCC1CCC(CCCCc2ccc(C#N)cc2)CC1. The molecular formula is C22H28N2. The van der Waals surface area contributed by atoms with Gasteiger partial charge in [-0.3, -0.25) is 0 Å². The maximum atomic E-state index is 8.81. The normalized spacial score (nSPS) is 20.6. The van der Waals surface area contributed by atoms with E-state index in [2.05, 4.69) is 24.3 Å². The third-order valence-corrected chi connectivity index (χ3v) is 5.31. The number of benzene rings is 1. The minimum absolute atomic E-state index is 0.749. The maximum Gasteiger partial charge on any atom is 0.0991 e. The van der Waals surface area contributed by atoms with Crippen molar-refractivity contribution in [3.8, 4) is 12.1 Å². The van der Waals surface area contributed by atoms with E-state index >= 15 is 0 Å². The van der Waals surface area contributed by atoms with Crippen LogP contribution in [-0.2, 0) is 6.42 Å². The van der Waals surface area contributed by atoms with E-state index in [4.69, 9.17) is 10.5 Å². The zero-order valence-corrected chi connectivity index (χ0v) is 14.6. The number of hydrogen-bond acceptors (Lipinski definition) is 2. The van der Waals surface area contributed by atoms with Crippen molar-refractivity contribution in [1.29, 1.82) is 10.5 Å². The summed E-state index contributed by atoms with van der Waals surface area (Å²) in [4.78, 5) is 0. The molecule has 0 saturated heterocycles. The molecule has 2 nitrogen and oxygen atoms in total. The number of allylic oxidation sites excluding steroid dienone is 2. The summed E-state index contributed by atoms with van der Waals surface area (Å²) in [6.45, 7) is 0. The minimum atomic E-state index is 0.749. The van der Waals surface area contributed by atoms with Crippen LogP contribution in [0.5, 0.6) is 0 Å². The van der Waals surface area contributed by atoms with Gasteiger partial charge in [0.1, 0.15) is 0 Å². The van der Waals surface area contributed by atoms with Crippen molar-refractivity contribution in [1.82, 2.24) is 0 Å². The standard InChI is InChI=1S/C22H28N2/c23-17-5-1-2-6-19-9-11-20(12-10-19)7-3-4-8-21-13-15-22(18-24)16-14-21/h1,5,13-16,19-20H,2-4,6-12H2/b5-1+. The topological polar surface area (TPSA) is 47.6 Å². The summed E-state index contributed by atoms with van der Waals surface area (Å²) in [5, 5.41) is 17.3. The van der Waals surface area contributed by atoms with Crippen LogP contribution in [-0.4, -0.2) is 0 Å². The van der Waals surface area contributed by atoms with Crippen LogP contribution in [0, 0.1) is 34.5 Å². The van der Waals surface area contributed by atoms with Crippen LogP contribution in [0.3, 0.4) is 0 Å². The average Bonchev–Trinajstić information content (AvgIpc) is 2.64. The van der Waals surface area contributed by atoms with Crippen LogP contribution in [0.15, 0.2) is 36.4 Å². The molecule has 0 atom stereocenters. The molecule has 1 saturated carbocycles. The van der Waals surface area contributed by atoms with Crippen molar-refractivity contribution in [2.45, 2.75) is 64.2 Å². The molecule has 0 heterocycles. The van der Waals surface area contributed by atoms with Crippen molar-refractivity contribution in [3.05, 3.63) is 47.5 Å². The molecule has 1 aromatic rings. The molecule has 0 bridgehead atoms. The van der Waals surface area contributed by atoms with Gasteiger partial charge in [0.15, 0.2) is 0 Å². The molecule has 1 aliphatic carbocycles. The van der Waals surface area contributed by atoms with E-state index in [0.717, 1.165) is 30.2 Å². The fraction of sp³-hybridized carbons (Fsp3) is 0.545. The molecule has 0 aromatic heterocycles. The van der Waals surface area contributed by atoms with Gasteiger partial charge in [0, 0.05) is 6.08 Å². The fourth-order valence-corrected chi connectivity index (χ4v) is 3.78. The Balaban J connectivity index is 1.55. The quantitative estimate of drug-likeness (QED) is 0.439. The summed E-state index contributed by atoms with van der Waals surface area (Å²) in [6.07, 6.45) is 16.6. The van der Waals surface area contributed by atoms with E-state index in [1.54, 1.807) is 6.08 Å². The van der Waals surface area contributed by atoms with Gasteiger partial charge in [-0.15, -0.1) is 0 Å². The van der Waals surface area contributed by atoms with Gasteiger partial charge in [0.05, 0.1) is 17.7 Å². The lowest BCUT2D eigenvalue weighted by Crippen LogP contribution is -2.14. The van der Waals surface area contributed by atoms with Crippen molar-refractivity contribution >= 4 is 0 Å². The molecule has 0 aliphatic heterocycles. The number of nitriles is 2. The first-order chi connectivity index (χ1) is 11.8. The first-order valence-corrected chi connectivity index (χ1v) is 9.35. The molecule has 0 N–H and O–H groups in total. The largest absolute Gasteiger partial charge is 0.193 e. The summed E-state index contributed by atoms with van der Waals surface area (Å²) in [6, 6.07) is 12.2. The Kier molecular flexibility index (Phi) is 8.12. The molecule has 0 radical (unpaired) electrons. The Labute approximate surface area is 146 Å². The highest BCUT2D eigenvalue weighted by Gasteiger charge is 2.20. The second kappa shape index (κ2) is 10.7. The summed E-state index contributed by atoms with van der Waals surface area (Å²) >= 11 is 0. The molecule has 2 rings (SSSR count). The summed E-state index contributed by atoms with van der Waals surface area (Å²) in [7, 11) is 0. The molecular weight excluding hydrogens is 292 g/mol. The van der Waals surface area contributed by atoms with E-state index in [-0.39, 0.29) is 0 Å². The zero-order chi connectivity index (χ0) is 17.0. The lowest BCUT2D eigenvalue weighted by molar-refractivity contribution is 0.250. The highest BCUT2D eigenvalue weighted by Crippen LogP contribution is 2.34. The zero-order valence-electron chi connectivity index (χ0n) is 14.6. The van der Waals surface area contributed by atoms with E-state index in [1.165, 1.54) is 56.9 Å². The van der Waals surface area contributed by atoms with E-state index in [1.807, 2.05) is 18.2 Å². The molecule has 1 fully saturated rings. The highest BCUT2D eigenvalue weighted by atomic mass is 14.3. The van der Waals surface area contributed by atoms with Gasteiger partial charge in [-0.25, -0.2) is 0 Å². The molecule has 24 heavy (non-hydrogen) atoms. The van der Waals surface area contributed by atoms with Crippen LogP contribution in [0.1, 0.15) is 68.9 Å². The molecule has 1 aromatic carbocycles. The van der Waals surface area contributed by atoms with Gasteiger partial charge in [-0.05, 0) is 55.2 Å².